The van der Waals surface area contributed by atoms with Crippen LogP contribution < -0.4 is 0 Å². The Morgan fingerprint density at radius 3 is 1.89 bits per heavy atom. The maximum absolute atomic E-state index is 4.94. The lowest BCUT2D eigenvalue weighted by Crippen LogP contribution is -1.74. The van der Waals surface area contributed by atoms with Gasteiger partial charge in [0.25, 0.3) is 0 Å². The van der Waals surface area contributed by atoms with Crippen LogP contribution in [0.4, 0.5) is 0 Å². The van der Waals surface area contributed by atoms with Crippen LogP contribution in [0.15, 0.2) is 0 Å². The predicted molar refractivity (Wildman–Crippen MR) is 40.6 cm³/mol. The number of hydrogen-bond donors (Lipinski definition) is 0. The van der Waals surface area contributed by atoms with Crippen molar-refractivity contribution in [2.75, 3.05) is 26.6 Å². The van der Waals surface area contributed by atoms with Crippen molar-refractivity contribution in [1.29, 1.82) is 0 Å². The monoisotopic (exact) mass is 150 g/mol. The Morgan fingerprint density at radius 1 is 1.33 bits per heavy atom. The topological polar surface area (TPSA) is 18.5 Å². The average Bonchev–Trinajstić information content (AvgIpc) is 2.43. The van der Waals surface area contributed by atoms with Crippen LogP contribution >= 0.6 is 12.0 Å². The van der Waals surface area contributed by atoms with E-state index in [1.165, 1.54) is 24.9 Å². The minimum atomic E-state index is 1.00. The molecule has 0 aromatic carbocycles. The lowest BCUT2D eigenvalue weighted by atomic mass is 10.4. The van der Waals surface area contributed by atoms with E-state index in [9.17, 15) is 0 Å². The average molecular weight is 150 g/mol. The molecule has 2 nitrogen and oxygen atoms in total. The zero-order chi connectivity index (χ0) is 6.95. The van der Waals surface area contributed by atoms with Gasteiger partial charge in [0, 0.05) is 19.5 Å². The molecule has 0 N–H and O–H groups in total. The molecule has 1 saturated heterocycles. The Bertz CT molecular complexity index is 36.7. The third-order valence-corrected chi connectivity index (χ3v) is 1.33. The fourth-order valence-corrected chi connectivity index (χ4v) is 0.510. The van der Waals surface area contributed by atoms with Gasteiger partial charge in [-0.3, -0.25) is 0 Å². The standard InChI is InChI=1S/C4H8O.C2H6OS/c1-2-4-5-3-1;1-3-4-2/h1-4H2;1-2H3. The first-order chi connectivity index (χ1) is 4.41. The molecule has 0 amide bonds. The van der Waals surface area contributed by atoms with E-state index in [-0.39, 0.29) is 0 Å². The molecule has 0 atom stereocenters. The van der Waals surface area contributed by atoms with Crippen molar-refractivity contribution in [2.45, 2.75) is 12.8 Å². The molecule has 1 aliphatic rings. The van der Waals surface area contributed by atoms with E-state index < -0.39 is 0 Å². The summed E-state index contributed by atoms with van der Waals surface area (Å²) in [6.45, 7) is 2.00. The van der Waals surface area contributed by atoms with Gasteiger partial charge >= 0.3 is 0 Å². The largest absolute Gasteiger partial charge is 0.381 e. The molecular weight excluding hydrogens is 136 g/mol. The van der Waals surface area contributed by atoms with Gasteiger partial charge in [-0.25, -0.2) is 0 Å². The second kappa shape index (κ2) is 8.27. The van der Waals surface area contributed by atoms with Crippen LogP contribution in [0.1, 0.15) is 12.8 Å². The normalized spacial score (nSPS) is 16.7. The number of ether oxygens (including phenoxy) is 1. The first kappa shape index (κ1) is 9.27. The third-order valence-electron chi connectivity index (χ3n) is 0.994. The minimum absolute atomic E-state index is 1.00. The summed E-state index contributed by atoms with van der Waals surface area (Å²) in [5, 5.41) is 0. The summed E-state index contributed by atoms with van der Waals surface area (Å²) < 4.78 is 9.40. The van der Waals surface area contributed by atoms with Crippen molar-refractivity contribution in [3.8, 4) is 0 Å². The van der Waals surface area contributed by atoms with Crippen LogP contribution in [-0.4, -0.2) is 26.6 Å². The van der Waals surface area contributed by atoms with Gasteiger partial charge < -0.3 is 8.92 Å². The molecule has 0 unspecified atom stereocenters. The van der Waals surface area contributed by atoms with Crippen molar-refractivity contribution in [1.82, 2.24) is 0 Å². The number of rotatable bonds is 1. The molecule has 0 aromatic rings. The highest BCUT2D eigenvalue weighted by atomic mass is 32.2. The minimum Gasteiger partial charge on any atom is -0.381 e. The van der Waals surface area contributed by atoms with Gasteiger partial charge in [-0.15, -0.1) is 0 Å². The van der Waals surface area contributed by atoms with E-state index in [4.69, 9.17) is 4.74 Å². The van der Waals surface area contributed by atoms with Gasteiger partial charge in [-0.05, 0) is 24.9 Å². The second-order valence-electron chi connectivity index (χ2n) is 1.65. The van der Waals surface area contributed by atoms with Crippen molar-refractivity contribution >= 4 is 12.0 Å². The van der Waals surface area contributed by atoms with E-state index in [1.54, 1.807) is 7.11 Å². The van der Waals surface area contributed by atoms with Crippen LogP contribution in [0.3, 0.4) is 0 Å². The van der Waals surface area contributed by atoms with Crippen molar-refractivity contribution in [3.63, 3.8) is 0 Å². The quantitative estimate of drug-likeness (QED) is 0.530. The Hall–Kier alpha value is 0.270. The van der Waals surface area contributed by atoms with Gasteiger partial charge in [0.1, 0.15) is 0 Å². The zero-order valence-corrected chi connectivity index (χ0v) is 6.87. The molecule has 1 fully saturated rings. The van der Waals surface area contributed by atoms with Crippen LogP contribution in [0.5, 0.6) is 0 Å². The van der Waals surface area contributed by atoms with Crippen LogP contribution in [-0.2, 0) is 8.92 Å². The summed E-state index contributed by atoms with van der Waals surface area (Å²) in [6.07, 6.45) is 4.43. The lowest BCUT2D eigenvalue weighted by Gasteiger charge is -1.76. The van der Waals surface area contributed by atoms with Gasteiger partial charge in [0.2, 0.25) is 0 Å². The fourth-order valence-electron chi connectivity index (χ4n) is 0.510. The molecule has 3 heteroatoms. The number of hydrogen-bond acceptors (Lipinski definition) is 3. The van der Waals surface area contributed by atoms with E-state index in [0.29, 0.717) is 0 Å². The third kappa shape index (κ3) is 8.27. The van der Waals surface area contributed by atoms with Crippen LogP contribution in [0, 0.1) is 0 Å². The molecule has 1 heterocycles. The Morgan fingerprint density at radius 2 is 1.78 bits per heavy atom. The Balaban J connectivity index is 0.000000148. The summed E-state index contributed by atoms with van der Waals surface area (Å²) in [7, 11) is 1.64. The molecule has 9 heavy (non-hydrogen) atoms. The van der Waals surface area contributed by atoms with E-state index in [2.05, 4.69) is 4.18 Å². The van der Waals surface area contributed by atoms with Crippen LogP contribution in [0.25, 0.3) is 0 Å². The van der Waals surface area contributed by atoms with Gasteiger partial charge in [0.05, 0.1) is 7.11 Å². The van der Waals surface area contributed by atoms with Gasteiger partial charge in [-0.2, -0.15) is 0 Å². The zero-order valence-electron chi connectivity index (χ0n) is 6.05. The van der Waals surface area contributed by atoms with E-state index in [0.717, 1.165) is 13.2 Å². The first-order valence-electron chi connectivity index (χ1n) is 3.06. The molecule has 0 spiro atoms. The molecule has 0 aromatic heterocycles. The SMILES string of the molecule is C1CCOC1.COSC. The summed E-state index contributed by atoms with van der Waals surface area (Å²) in [5.41, 5.74) is 0. The second-order valence-corrected chi connectivity index (χ2v) is 2.32. The highest BCUT2D eigenvalue weighted by Gasteiger charge is 1.94. The summed E-state index contributed by atoms with van der Waals surface area (Å²) in [5.74, 6) is 0. The Kier molecular flexibility index (Phi) is 8.52. The maximum atomic E-state index is 4.94. The Labute approximate surface area is 61.1 Å². The maximum Gasteiger partial charge on any atom is 0.0503 e. The molecule has 0 bridgehead atoms. The van der Waals surface area contributed by atoms with E-state index in [1.807, 2.05) is 6.26 Å². The molecule has 0 aliphatic carbocycles. The molecule has 1 rings (SSSR count). The van der Waals surface area contributed by atoms with Gasteiger partial charge in [0.15, 0.2) is 0 Å². The summed E-state index contributed by atoms with van der Waals surface area (Å²) in [4.78, 5) is 0. The van der Waals surface area contributed by atoms with Gasteiger partial charge in [-0.1, -0.05) is 0 Å². The molecule has 1 aliphatic heterocycles. The fraction of sp³-hybridized carbons (Fsp3) is 1.00. The molecular formula is C6H14O2S. The van der Waals surface area contributed by atoms with Crippen molar-refractivity contribution in [2.24, 2.45) is 0 Å². The highest BCUT2D eigenvalue weighted by Crippen LogP contribution is 1.98. The molecule has 0 radical (unpaired) electrons. The smallest absolute Gasteiger partial charge is 0.0503 e. The highest BCUT2D eigenvalue weighted by molar-refractivity contribution is 7.93. The summed E-state index contributed by atoms with van der Waals surface area (Å²) >= 11 is 1.36. The predicted octanol–water partition coefficient (Wildman–Crippen LogP) is 1.71. The molecule has 0 saturated carbocycles. The molecule has 56 valence electrons. The van der Waals surface area contributed by atoms with Crippen molar-refractivity contribution in [3.05, 3.63) is 0 Å². The first-order valence-corrected chi connectivity index (χ1v) is 4.21. The van der Waals surface area contributed by atoms with E-state index >= 15 is 0 Å². The summed E-state index contributed by atoms with van der Waals surface area (Å²) in [6, 6.07) is 0. The lowest BCUT2D eigenvalue weighted by molar-refractivity contribution is 0.198. The van der Waals surface area contributed by atoms with Crippen LogP contribution in [0.2, 0.25) is 0 Å². The van der Waals surface area contributed by atoms with Crippen molar-refractivity contribution < 1.29 is 8.92 Å².